The summed E-state index contributed by atoms with van der Waals surface area (Å²) < 4.78 is 4.36. The highest BCUT2D eigenvalue weighted by molar-refractivity contribution is 5.38. The first-order chi connectivity index (χ1) is 4.91. The normalized spacial score (nSPS) is 10.1. The number of hydrogen-bond donors (Lipinski definition) is 0. The topological polar surface area (TPSA) is 26.3 Å². The van der Waals surface area contributed by atoms with Crippen LogP contribution in [0.1, 0.15) is 26.2 Å². The smallest absolute Gasteiger partial charge is 0.417 e. The van der Waals surface area contributed by atoms with Crippen molar-refractivity contribution in [2.75, 3.05) is 6.61 Å². The summed E-state index contributed by atoms with van der Waals surface area (Å²) in [5.74, 6) is 0. The molecular weight excluding hydrogens is 128 g/mol. The van der Waals surface area contributed by atoms with Crippen molar-refractivity contribution in [3.8, 4) is 0 Å². The molecule has 0 aromatic carbocycles. The Morgan fingerprint density at radius 2 is 2.10 bits per heavy atom. The Bertz CT molecular complexity index is 97.4. The molecule has 0 aliphatic carbocycles. The molecule has 0 amide bonds. The summed E-state index contributed by atoms with van der Waals surface area (Å²) in [7, 11) is 0. The molecule has 0 atom stereocenters. The van der Waals surface area contributed by atoms with Gasteiger partial charge in [0.1, 0.15) is 0 Å². The number of unbranched alkanes of at least 4 members (excludes halogenated alkanes) is 1. The first-order valence-electron chi connectivity index (χ1n) is 3.55. The van der Waals surface area contributed by atoms with Crippen molar-refractivity contribution in [1.82, 2.24) is 0 Å². The van der Waals surface area contributed by atoms with Crippen molar-refractivity contribution in [3.05, 3.63) is 12.2 Å². The third-order valence-electron chi connectivity index (χ3n) is 1.07. The monoisotopic (exact) mass is 141 g/mol. The summed E-state index contributed by atoms with van der Waals surface area (Å²) in [5.41, 5.74) is 0. The largest absolute Gasteiger partial charge is 0.457 e. The second-order valence-electron chi connectivity index (χ2n) is 1.98. The van der Waals surface area contributed by atoms with Gasteiger partial charge < -0.3 is 4.74 Å². The molecule has 0 unspecified atom stereocenters. The average Bonchev–Trinajstić information content (AvgIpc) is 1.97. The molecule has 0 rings (SSSR count). The first-order valence-corrected chi connectivity index (χ1v) is 3.55. The molecule has 0 aliphatic heterocycles. The predicted molar refractivity (Wildman–Crippen MR) is 40.3 cm³/mol. The standard InChI is InChI=1S/C8H13O2/c1-2-3-4-5-6-7-10-8-9/h4-5H,2-3,6-7H2,1H3/b5-4+. The second kappa shape index (κ2) is 8.21. The van der Waals surface area contributed by atoms with E-state index in [1.165, 1.54) is 6.47 Å². The summed E-state index contributed by atoms with van der Waals surface area (Å²) in [5, 5.41) is 0. The Balaban J connectivity index is 2.94. The van der Waals surface area contributed by atoms with Crippen molar-refractivity contribution >= 4 is 6.47 Å². The van der Waals surface area contributed by atoms with Gasteiger partial charge in [-0.3, -0.25) is 0 Å². The molecule has 0 aromatic rings. The first kappa shape index (κ1) is 9.21. The summed E-state index contributed by atoms with van der Waals surface area (Å²) in [6.45, 7) is 3.95. The maximum Gasteiger partial charge on any atom is 0.417 e. The summed E-state index contributed by atoms with van der Waals surface area (Å²) in [6, 6.07) is 0. The molecule has 2 nitrogen and oxygen atoms in total. The molecule has 10 heavy (non-hydrogen) atoms. The highest BCUT2D eigenvalue weighted by Gasteiger charge is 1.80. The van der Waals surface area contributed by atoms with Gasteiger partial charge in [-0.1, -0.05) is 25.5 Å². The van der Waals surface area contributed by atoms with Gasteiger partial charge >= 0.3 is 6.47 Å². The van der Waals surface area contributed by atoms with Crippen LogP contribution >= 0.6 is 0 Å². The van der Waals surface area contributed by atoms with E-state index < -0.39 is 0 Å². The van der Waals surface area contributed by atoms with Crippen LogP contribution in [-0.2, 0) is 9.53 Å². The van der Waals surface area contributed by atoms with Crippen LogP contribution in [0, 0.1) is 0 Å². The second-order valence-corrected chi connectivity index (χ2v) is 1.98. The van der Waals surface area contributed by atoms with Crippen LogP contribution in [0.2, 0.25) is 0 Å². The Morgan fingerprint density at radius 1 is 1.40 bits per heavy atom. The molecule has 0 aromatic heterocycles. The number of carbonyl (C=O) groups excluding carboxylic acids is 1. The molecular formula is C8H13O2. The lowest BCUT2D eigenvalue weighted by molar-refractivity contribution is 0.284. The fourth-order valence-electron chi connectivity index (χ4n) is 0.571. The van der Waals surface area contributed by atoms with Crippen LogP contribution in [0.15, 0.2) is 12.2 Å². The van der Waals surface area contributed by atoms with E-state index in [1.54, 1.807) is 0 Å². The van der Waals surface area contributed by atoms with Gasteiger partial charge in [-0.15, -0.1) is 0 Å². The average molecular weight is 141 g/mol. The maximum atomic E-state index is 9.52. The van der Waals surface area contributed by atoms with Crippen molar-refractivity contribution in [2.24, 2.45) is 0 Å². The van der Waals surface area contributed by atoms with Crippen LogP contribution in [0.5, 0.6) is 0 Å². The lowest BCUT2D eigenvalue weighted by atomic mass is 10.3. The molecule has 0 N–H and O–H groups in total. The lowest BCUT2D eigenvalue weighted by Crippen LogP contribution is -1.87. The third-order valence-corrected chi connectivity index (χ3v) is 1.07. The fraction of sp³-hybridized carbons (Fsp3) is 0.625. The van der Waals surface area contributed by atoms with E-state index in [4.69, 9.17) is 0 Å². The molecule has 0 aliphatic rings. The molecule has 0 saturated heterocycles. The van der Waals surface area contributed by atoms with E-state index in [-0.39, 0.29) is 0 Å². The zero-order valence-corrected chi connectivity index (χ0v) is 6.30. The summed E-state index contributed by atoms with van der Waals surface area (Å²) in [4.78, 5) is 9.52. The van der Waals surface area contributed by atoms with Gasteiger partial charge in [-0.25, -0.2) is 4.79 Å². The number of hydrogen-bond acceptors (Lipinski definition) is 2. The van der Waals surface area contributed by atoms with Gasteiger partial charge in [0.2, 0.25) is 0 Å². The van der Waals surface area contributed by atoms with Crippen molar-refractivity contribution in [3.63, 3.8) is 0 Å². The zero-order chi connectivity index (χ0) is 7.66. The van der Waals surface area contributed by atoms with E-state index in [2.05, 4.69) is 17.7 Å². The number of rotatable bonds is 6. The Morgan fingerprint density at radius 3 is 2.70 bits per heavy atom. The highest BCUT2D eigenvalue weighted by atomic mass is 16.5. The van der Waals surface area contributed by atoms with Crippen LogP contribution in [0.3, 0.4) is 0 Å². The van der Waals surface area contributed by atoms with Crippen LogP contribution in [0.25, 0.3) is 0 Å². The zero-order valence-electron chi connectivity index (χ0n) is 6.30. The van der Waals surface area contributed by atoms with E-state index in [1.807, 2.05) is 6.08 Å². The van der Waals surface area contributed by atoms with E-state index in [0.29, 0.717) is 6.61 Å². The van der Waals surface area contributed by atoms with Gasteiger partial charge in [0.25, 0.3) is 0 Å². The van der Waals surface area contributed by atoms with Crippen LogP contribution in [-0.4, -0.2) is 13.1 Å². The molecule has 0 saturated carbocycles. The molecule has 0 bridgehead atoms. The summed E-state index contributed by atoms with van der Waals surface area (Å²) in [6.07, 6.45) is 7.17. The predicted octanol–water partition coefficient (Wildman–Crippen LogP) is 1.82. The van der Waals surface area contributed by atoms with E-state index >= 15 is 0 Å². The molecule has 57 valence electrons. The minimum atomic E-state index is 0.448. The lowest BCUT2D eigenvalue weighted by Gasteiger charge is -1.89. The SMILES string of the molecule is CCC/C=C/CCO[C]=O. The highest BCUT2D eigenvalue weighted by Crippen LogP contribution is 1.90. The quantitative estimate of drug-likeness (QED) is 0.416. The maximum absolute atomic E-state index is 9.52. The van der Waals surface area contributed by atoms with Gasteiger partial charge in [-0.2, -0.15) is 0 Å². The molecule has 0 heterocycles. The van der Waals surface area contributed by atoms with Crippen molar-refractivity contribution in [2.45, 2.75) is 26.2 Å². The molecule has 1 radical (unpaired) electrons. The Kier molecular flexibility index (Phi) is 7.56. The molecule has 2 heteroatoms. The van der Waals surface area contributed by atoms with Crippen LogP contribution < -0.4 is 0 Å². The molecule has 0 fully saturated rings. The van der Waals surface area contributed by atoms with Gasteiger partial charge in [0.05, 0.1) is 6.61 Å². The number of ether oxygens (including phenoxy) is 1. The van der Waals surface area contributed by atoms with Crippen molar-refractivity contribution < 1.29 is 9.53 Å². The van der Waals surface area contributed by atoms with E-state index in [0.717, 1.165) is 19.3 Å². The van der Waals surface area contributed by atoms with Gasteiger partial charge in [-0.05, 0) is 12.8 Å². The van der Waals surface area contributed by atoms with Gasteiger partial charge in [0.15, 0.2) is 0 Å². The number of allylic oxidation sites excluding steroid dienone is 1. The summed E-state index contributed by atoms with van der Waals surface area (Å²) >= 11 is 0. The van der Waals surface area contributed by atoms with E-state index in [9.17, 15) is 4.79 Å². The Hall–Kier alpha value is -0.790. The fourth-order valence-corrected chi connectivity index (χ4v) is 0.571. The minimum Gasteiger partial charge on any atom is -0.457 e. The molecule has 0 spiro atoms. The minimum absolute atomic E-state index is 0.448. The Labute approximate surface area is 61.9 Å². The van der Waals surface area contributed by atoms with Gasteiger partial charge in [0, 0.05) is 0 Å². The van der Waals surface area contributed by atoms with Crippen molar-refractivity contribution in [1.29, 1.82) is 0 Å². The van der Waals surface area contributed by atoms with Crippen LogP contribution in [0.4, 0.5) is 0 Å². The third kappa shape index (κ3) is 7.21.